The maximum absolute atomic E-state index is 13.4. The second-order valence-corrected chi connectivity index (χ2v) is 8.96. The number of ether oxygens (including phenoxy) is 2. The van der Waals surface area contributed by atoms with Crippen molar-refractivity contribution in [3.8, 4) is 11.5 Å². The van der Waals surface area contributed by atoms with E-state index in [1.165, 1.54) is 11.3 Å². The molecule has 9 heteroatoms. The Morgan fingerprint density at radius 2 is 1.62 bits per heavy atom. The first kappa shape index (κ1) is 23.3. The lowest BCUT2D eigenvalue weighted by atomic mass is 9.92. The Morgan fingerprint density at radius 3 is 2.18 bits per heavy atom. The fourth-order valence-corrected chi connectivity index (χ4v) is 4.52. The number of rotatable bonds is 8. The molecule has 1 aliphatic rings. The number of thiophene rings is 1. The highest BCUT2D eigenvalue weighted by Crippen LogP contribution is 2.30. The summed E-state index contributed by atoms with van der Waals surface area (Å²) in [5, 5.41) is 4.67. The van der Waals surface area contributed by atoms with Crippen molar-refractivity contribution in [2.75, 3.05) is 25.7 Å². The van der Waals surface area contributed by atoms with Crippen LogP contribution in [0.25, 0.3) is 0 Å². The van der Waals surface area contributed by atoms with Gasteiger partial charge in [0.05, 0.1) is 20.8 Å². The molecule has 0 spiro atoms. The van der Waals surface area contributed by atoms with Gasteiger partial charge >= 0.3 is 6.03 Å². The highest BCUT2D eigenvalue weighted by molar-refractivity contribution is 7.09. The Labute approximate surface area is 201 Å². The van der Waals surface area contributed by atoms with E-state index in [-0.39, 0.29) is 12.5 Å². The molecule has 1 fully saturated rings. The van der Waals surface area contributed by atoms with Gasteiger partial charge in [0.2, 0.25) is 5.91 Å². The summed E-state index contributed by atoms with van der Waals surface area (Å²) in [5.41, 5.74) is -0.0288. The average molecular weight is 480 g/mol. The zero-order chi connectivity index (χ0) is 24.3. The predicted octanol–water partition coefficient (Wildman–Crippen LogP) is 3.77. The van der Waals surface area contributed by atoms with Crippen LogP contribution >= 0.6 is 11.3 Å². The van der Waals surface area contributed by atoms with Crippen molar-refractivity contribution >= 4 is 34.9 Å². The van der Waals surface area contributed by atoms with Gasteiger partial charge in [-0.1, -0.05) is 18.2 Å². The van der Waals surface area contributed by atoms with E-state index in [0.717, 1.165) is 9.78 Å². The summed E-state index contributed by atoms with van der Waals surface area (Å²) in [6.45, 7) is 1.57. The Kier molecular flexibility index (Phi) is 6.56. The lowest BCUT2D eigenvalue weighted by Gasteiger charge is -2.25. The molecule has 2 heterocycles. The quantitative estimate of drug-likeness (QED) is 0.497. The fourth-order valence-electron chi connectivity index (χ4n) is 3.83. The summed E-state index contributed by atoms with van der Waals surface area (Å²) in [6.07, 6.45) is 0. The van der Waals surface area contributed by atoms with Gasteiger partial charge in [0.1, 0.15) is 23.6 Å². The highest BCUT2D eigenvalue weighted by atomic mass is 32.1. The standard InChI is InChI=1S/C25H25N3O5S/c1-25(17-6-10-19(32-2)11-7-17)23(30)28(24(31)26-25)16-22(29)27(15-21-5-4-14-34-21)18-8-12-20(33-3)13-9-18/h4-14H,15-16H2,1-3H3,(H,26,31)/t25-/m1/s1. The molecule has 0 aliphatic carbocycles. The zero-order valence-corrected chi connectivity index (χ0v) is 19.9. The third-order valence-corrected chi connectivity index (χ3v) is 6.68. The van der Waals surface area contributed by atoms with E-state index >= 15 is 0 Å². The van der Waals surface area contributed by atoms with Gasteiger partial charge < -0.3 is 19.7 Å². The molecule has 1 N–H and O–H groups in total. The minimum absolute atomic E-state index is 0.322. The second-order valence-electron chi connectivity index (χ2n) is 7.93. The lowest BCUT2D eigenvalue weighted by molar-refractivity contribution is -0.134. The monoisotopic (exact) mass is 479 g/mol. The van der Waals surface area contributed by atoms with Crippen LogP contribution in [0, 0.1) is 0 Å². The molecule has 4 rings (SSSR count). The lowest BCUT2D eigenvalue weighted by Crippen LogP contribution is -2.44. The number of nitrogens with one attached hydrogen (secondary N) is 1. The summed E-state index contributed by atoms with van der Waals surface area (Å²) in [7, 11) is 3.12. The number of nitrogens with zero attached hydrogens (tertiary/aromatic N) is 2. The van der Waals surface area contributed by atoms with E-state index < -0.39 is 17.5 Å². The molecule has 1 aromatic heterocycles. The fraction of sp³-hybridized carbons (Fsp3) is 0.240. The molecule has 1 saturated heterocycles. The van der Waals surface area contributed by atoms with Crippen LogP contribution in [0.4, 0.5) is 10.5 Å². The van der Waals surface area contributed by atoms with Gasteiger partial charge in [-0.3, -0.25) is 14.5 Å². The summed E-state index contributed by atoms with van der Waals surface area (Å²) < 4.78 is 10.4. The molecule has 3 aromatic rings. The molecule has 8 nitrogen and oxygen atoms in total. The van der Waals surface area contributed by atoms with Crippen molar-refractivity contribution in [2.24, 2.45) is 0 Å². The minimum atomic E-state index is -1.28. The van der Waals surface area contributed by atoms with Crippen molar-refractivity contribution in [3.63, 3.8) is 0 Å². The zero-order valence-electron chi connectivity index (χ0n) is 19.1. The maximum atomic E-state index is 13.4. The van der Waals surface area contributed by atoms with Gasteiger partial charge in [-0.25, -0.2) is 4.79 Å². The first-order chi connectivity index (χ1) is 16.4. The minimum Gasteiger partial charge on any atom is -0.497 e. The Bertz CT molecular complexity index is 1180. The van der Waals surface area contributed by atoms with E-state index in [1.807, 2.05) is 17.5 Å². The molecule has 1 aliphatic heterocycles. The van der Waals surface area contributed by atoms with Crippen LogP contribution in [0.15, 0.2) is 66.0 Å². The number of benzene rings is 2. The number of hydrogen-bond acceptors (Lipinski definition) is 6. The molecule has 4 amide bonds. The number of carbonyl (C=O) groups is 3. The molecule has 0 unspecified atom stereocenters. The van der Waals surface area contributed by atoms with Crippen LogP contribution in [0.3, 0.4) is 0 Å². The Morgan fingerprint density at radius 1 is 1.00 bits per heavy atom. The largest absolute Gasteiger partial charge is 0.497 e. The third kappa shape index (κ3) is 4.47. The highest BCUT2D eigenvalue weighted by Gasteiger charge is 2.49. The SMILES string of the molecule is COc1ccc(N(Cc2cccs2)C(=O)CN2C(=O)N[C@](C)(c3ccc(OC)cc3)C2=O)cc1. The second kappa shape index (κ2) is 9.56. The van der Waals surface area contributed by atoms with Gasteiger partial charge in [0.25, 0.3) is 5.91 Å². The van der Waals surface area contributed by atoms with Crippen LogP contribution in [-0.4, -0.2) is 43.5 Å². The van der Waals surface area contributed by atoms with Crippen molar-refractivity contribution in [2.45, 2.75) is 19.0 Å². The number of hydrogen-bond donors (Lipinski definition) is 1. The van der Waals surface area contributed by atoms with E-state index in [2.05, 4.69) is 5.32 Å². The van der Waals surface area contributed by atoms with Crippen LogP contribution in [0.1, 0.15) is 17.4 Å². The molecule has 0 bridgehead atoms. The van der Waals surface area contributed by atoms with E-state index in [4.69, 9.17) is 9.47 Å². The van der Waals surface area contributed by atoms with Crippen molar-refractivity contribution in [1.29, 1.82) is 0 Å². The summed E-state index contributed by atoms with van der Waals surface area (Å²) in [4.78, 5) is 43.0. The summed E-state index contributed by atoms with van der Waals surface area (Å²) in [6, 6.07) is 17.2. The first-order valence-electron chi connectivity index (χ1n) is 10.6. The first-order valence-corrected chi connectivity index (χ1v) is 11.5. The van der Waals surface area contributed by atoms with E-state index in [0.29, 0.717) is 29.3 Å². The smallest absolute Gasteiger partial charge is 0.325 e. The Hall–Kier alpha value is -3.85. The normalized spacial score (nSPS) is 17.4. The van der Waals surface area contributed by atoms with Gasteiger partial charge in [-0.05, 0) is 60.3 Å². The number of imide groups is 1. The van der Waals surface area contributed by atoms with Gasteiger partial charge in [0.15, 0.2) is 0 Å². The number of methoxy groups -OCH3 is 2. The molecule has 0 saturated carbocycles. The summed E-state index contributed by atoms with van der Waals surface area (Å²) >= 11 is 1.53. The van der Waals surface area contributed by atoms with Gasteiger partial charge in [0, 0.05) is 10.6 Å². The van der Waals surface area contributed by atoms with Crippen LogP contribution in [-0.2, 0) is 21.7 Å². The molecular weight excluding hydrogens is 454 g/mol. The third-order valence-electron chi connectivity index (χ3n) is 5.81. The number of anilines is 1. The number of amides is 4. The summed E-state index contributed by atoms with van der Waals surface area (Å²) in [5.74, 6) is 0.444. The number of urea groups is 1. The molecule has 1 atom stereocenters. The van der Waals surface area contributed by atoms with Crippen molar-refractivity contribution in [3.05, 3.63) is 76.5 Å². The molecule has 0 radical (unpaired) electrons. The van der Waals surface area contributed by atoms with Crippen LogP contribution in [0.5, 0.6) is 11.5 Å². The number of carbonyl (C=O) groups excluding carboxylic acids is 3. The molecule has 34 heavy (non-hydrogen) atoms. The Balaban J connectivity index is 1.57. The molecule has 176 valence electrons. The van der Waals surface area contributed by atoms with Crippen molar-refractivity contribution < 1.29 is 23.9 Å². The van der Waals surface area contributed by atoms with Crippen LogP contribution in [0.2, 0.25) is 0 Å². The van der Waals surface area contributed by atoms with Gasteiger partial charge in [-0.2, -0.15) is 0 Å². The van der Waals surface area contributed by atoms with Crippen molar-refractivity contribution in [1.82, 2.24) is 10.2 Å². The van der Waals surface area contributed by atoms with Crippen LogP contribution < -0.4 is 19.7 Å². The maximum Gasteiger partial charge on any atom is 0.325 e. The average Bonchev–Trinajstić information content (AvgIpc) is 3.45. The van der Waals surface area contributed by atoms with Gasteiger partial charge in [-0.15, -0.1) is 11.3 Å². The predicted molar refractivity (Wildman–Crippen MR) is 129 cm³/mol. The van der Waals surface area contributed by atoms with E-state index in [1.54, 1.807) is 74.6 Å². The topological polar surface area (TPSA) is 88.2 Å². The molecule has 2 aromatic carbocycles. The molecular formula is C25H25N3O5S. The van der Waals surface area contributed by atoms with E-state index in [9.17, 15) is 14.4 Å².